The molecule has 2 aromatic carbocycles. The van der Waals surface area contributed by atoms with E-state index in [9.17, 15) is 4.79 Å². The van der Waals surface area contributed by atoms with Gasteiger partial charge in [-0.25, -0.2) is 0 Å². The molecule has 3 aromatic rings. The minimum absolute atomic E-state index is 0.0933. The fourth-order valence-corrected chi connectivity index (χ4v) is 3.15. The Balaban J connectivity index is 1.74. The number of aryl methyl sites for hydroxylation is 2. The van der Waals surface area contributed by atoms with E-state index in [2.05, 4.69) is 20.7 Å². The van der Waals surface area contributed by atoms with Gasteiger partial charge in [-0.1, -0.05) is 17.7 Å². The fourth-order valence-electron chi connectivity index (χ4n) is 2.78. The number of carbonyl (C=O) groups excluding carboxylic acids is 1. The average molecular weight is 402 g/mol. The first-order valence-corrected chi connectivity index (χ1v) is 8.86. The van der Waals surface area contributed by atoms with Crippen molar-refractivity contribution in [3.63, 3.8) is 0 Å². The summed E-state index contributed by atoms with van der Waals surface area (Å²) in [4.78, 5) is 13.6. The molecule has 3 rings (SSSR count). The predicted octanol–water partition coefficient (Wildman–Crippen LogP) is 3.27. The molecule has 1 heterocycles. The Morgan fingerprint density at radius 3 is 2.57 bits per heavy atom. The van der Waals surface area contributed by atoms with E-state index in [-0.39, 0.29) is 12.5 Å². The van der Waals surface area contributed by atoms with Crippen molar-refractivity contribution >= 4 is 23.2 Å². The highest BCUT2D eigenvalue weighted by Gasteiger charge is 2.14. The van der Waals surface area contributed by atoms with E-state index in [1.54, 1.807) is 38.5 Å². The van der Waals surface area contributed by atoms with Crippen LogP contribution in [0.3, 0.4) is 0 Å². The van der Waals surface area contributed by atoms with Crippen LogP contribution in [0.1, 0.15) is 11.1 Å². The number of ether oxygens (including phenoxy) is 2. The largest absolute Gasteiger partial charge is 0.493 e. The molecule has 9 heteroatoms. The van der Waals surface area contributed by atoms with Crippen molar-refractivity contribution in [2.24, 2.45) is 0 Å². The molecule has 0 atom stereocenters. The van der Waals surface area contributed by atoms with Crippen LogP contribution in [-0.2, 0) is 11.3 Å². The quantitative estimate of drug-likeness (QED) is 0.681. The number of tetrazole rings is 1. The molecule has 0 aliphatic carbocycles. The number of benzene rings is 2. The smallest absolute Gasteiger partial charge is 0.248 e. The third-order valence-corrected chi connectivity index (χ3v) is 4.37. The number of hydrogen-bond acceptors (Lipinski definition) is 6. The molecule has 0 spiro atoms. The SMILES string of the molecule is COc1ccc(-c2nnn(CC(=O)Nc3c(C)cc(C)cc3Cl)n2)cc1OC. The van der Waals surface area contributed by atoms with Gasteiger partial charge in [-0.15, -0.1) is 10.2 Å². The topological polar surface area (TPSA) is 91.2 Å². The molecule has 0 bridgehead atoms. The van der Waals surface area contributed by atoms with Crippen LogP contribution in [0.25, 0.3) is 11.4 Å². The Labute approximate surface area is 167 Å². The van der Waals surface area contributed by atoms with E-state index in [1.165, 1.54) is 4.80 Å². The molecule has 0 aliphatic heterocycles. The van der Waals surface area contributed by atoms with Gasteiger partial charge in [0.2, 0.25) is 11.7 Å². The van der Waals surface area contributed by atoms with E-state index in [0.29, 0.717) is 33.6 Å². The first-order valence-electron chi connectivity index (χ1n) is 8.48. The standard InChI is InChI=1S/C19H20ClN5O3/c1-11-7-12(2)18(14(20)8-11)21-17(26)10-25-23-19(22-24-25)13-5-6-15(27-3)16(9-13)28-4/h5-9H,10H2,1-4H3,(H,21,26). The summed E-state index contributed by atoms with van der Waals surface area (Å²) in [6.45, 7) is 3.74. The minimum Gasteiger partial charge on any atom is -0.493 e. The lowest BCUT2D eigenvalue weighted by Crippen LogP contribution is -2.21. The summed E-state index contributed by atoms with van der Waals surface area (Å²) < 4.78 is 10.5. The van der Waals surface area contributed by atoms with Crippen molar-refractivity contribution in [2.45, 2.75) is 20.4 Å². The van der Waals surface area contributed by atoms with Crippen molar-refractivity contribution in [1.82, 2.24) is 20.2 Å². The summed E-state index contributed by atoms with van der Waals surface area (Å²) in [6, 6.07) is 9.04. The van der Waals surface area contributed by atoms with Crippen LogP contribution in [0.2, 0.25) is 5.02 Å². The van der Waals surface area contributed by atoms with Gasteiger partial charge in [-0.05, 0) is 54.5 Å². The second kappa shape index (κ2) is 8.26. The Hall–Kier alpha value is -3.13. The Morgan fingerprint density at radius 1 is 1.14 bits per heavy atom. The van der Waals surface area contributed by atoms with Gasteiger partial charge in [-0.3, -0.25) is 4.79 Å². The summed E-state index contributed by atoms with van der Waals surface area (Å²) >= 11 is 6.23. The van der Waals surface area contributed by atoms with Gasteiger partial charge in [-0.2, -0.15) is 4.80 Å². The highest BCUT2D eigenvalue weighted by Crippen LogP contribution is 2.31. The molecule has 28 heavy (non-hydrogen) atoms. The van der Waals surface area contributed by atoms with Crippen molar-refractivity contribution in [1.29, 1.82) is 0 Å². The first kappa shape index (κ1) is 19.6. The zero-order chi connectivity index (χ0) is 20.3. The number of halogens is 1. The summed E-state index contributed by atoms with van der Waals surface area (Å²) in [5, 5.41) is 15.5. The molecule has 146 valence electrons. The number of rotatable bonds is 6. The van der Waals surface area contributed by atoms with E-state index >= 15 is 0 Å². The van der Waals surface area contributed by atoms with Crippen molar-refractivity contribution in [3.8, 4) is 22.9 Å². The molecule has 0 unspecified atom stereocenters. The number of nitrogens with zero attached hydrogens (tertiary/aromatic N) is 4. The molecule has 0 fully saturated rings. The van der Waals surface area contributed by atoms with Crippen LogP contribution in [0.4, 0.5) is 5.69 Å². The third kappa shape index (κ3) is 4.23. The molecule has 0 saturated carbocycles. The van der Waals surface area contributed by atoms with Gasteiger partial charge in [0.25, 0.3) is 0 Å². The molecular weight excluding hydrogens is 382 g/mol. The lowest BCUT2D eigenvalue weighted by Gasteiger charge is -2.11. The first-order chi connectivity index (χ1) is 13.4. The second-order valence-corrected chi connectivity index (χ2v) is 6.61. The summed E-state index contributed by atoms with van der Waals surface area (Å²) in [5.74, 6) is 1.23. The summed E-state index contributed by atoms with van der Waals surface area (Å²) in [5.41, 5.74) is 3.19. The van der Waals surface area contributed by atoms with Gasteiger partial charge in [0, 0.05) is 5.56 Å². The third-order valence-electron chi connectivity index (χ3n) is 4.08. The lowest BCUT2D eigenvalue weighted by atomic mass is 10.1. The van der Waals surface area contributed by atoms with Crippen molar-refractivity contribution < 1.29 is 14.3 Å². The second-order valence-electron chi connectivity index (χ2n) is 6.20. The van der Waals surface area contributed by atoms with Crippen LogP contribution in [0, 0.1) is 13.8 Å². The molecule has 0 aliphatic rings. The fraction of sp³-hybridized carbons (Fsp3) is 0.263. The van der Waals surface area contributed by atoms with Crippen LogP contribution < -0.4 is 14.8 Å². The van der Waals surface area contributed by atoms with Gasteiger partial charge in [0.1, 0.15) is 6.54 Å². The molecule has 1 aromatic heterocycles. The molecular formula is C19H20ClN5O3. The Kier molecular flexibility index (Phi) is 5.79. The van der Waals surface area contributed by atoms with E-state index in [4.69, 9.17) is 21.1 Å². The molecule has 1 N–H and O–H groups in total. The van der Waals surface area contributed by atoms with Crippen LogP contribution in [-0.4, -0.2) is 40.3 Å². The van der Waals surface area contributed by atoms with Gasteiger partial charge < -0.3 is 14.8 Å². The Morgan fingerprint density at radius 2 is 1.89 bits per heavy atom. The van der Waals surface area contributed by atoms with E-state index in [1.807, 2.05) is 19.9 Å². The number of aromatic nitrogens is 4. The molecule has 1 amide bonds. The number of anilines is 1. The van der Waals surface area contributed by atoms with Crippen molar-refractivity contribution in [3.05, 3.63) is 46.5 Å². The van der Waals surface area contributed by atoms with Gasteiger partial charge in [0.05, 0.1) is 24.9 Å². The normalized spacial score (nSPS) is 10.6. The zero-order valence-corrected chi connectivity index (χ0v) is 16.7. The number of carbonyl (C=O) groups is 1. The van der Waals surface area contributed by atoms with E-state index in [0.717, 1.165) is 11.1 Å². The lowest BCUT2D eigenvalue weighted by molar-refractivity contribution is -0.117. The van der Waals surface area contributed by atoms with Gasteiger partial charge in [0.15, 0.2) is 11.5 Å². The monoisotopic (exact) mass is 401 g/mol. The average Bonchev–Trinajstić information content (AvgIpc) is 3.12. The van der Waals surface area contributed by atoms with E-state index < -0.39 is 0 Å². The zero-order valence-electron chi connectivity index (χ0n) is 16.0. The minimum atomic E-state index is -0.301. The number of amides is 1. The van der Waals surface area contributed by atoms with Gasteiger partial charge >= 0.3 is 0 Å². The molecule has 0 radical (unpaired) electrons. The molecule has 8 nitrogen and oxygen atoms in total. The number of nitrogens with one attached hydrogen (secondary N) is 1. The Bertz CT molecular complexity index is 996. The number of methoxy groups -OCH3 is 2. The van der Waals surface area contributed by atoms with Crippen LogP contribution >= 0.6 is 11.6 Å². The maximum absolute atomic E-state index is 12.4. The number of hydrogen-bond donors (Lipinski definition) is 1. The summed E-state index contributed by atoms with van der Waals surface area (Å²) in [7, 11) is 3.11. The highest BCUT2D eigenvalue weighted by atomic mass is 35.5. The van der Waals surface area contributed by atoms with Crippen LogP contribution in [0.15, 0.2) is 30.3 Å². The van der Waals surface area contributed by atoms with Crippen molar-refractivity contribution in [2.75, 3.05) is 19.5 Å². The highest BCUT2D eigenvalue weighted by molar-refractivity contribution is 6.34. The molecule has 0 saturated heterocycles. The summed E-state index contributed by atoms with van der Waals surface area (Å²) in [6.07, 6.45) is 0. The maximum atomic E-state index is 12.4. The van der Waals surface area contributed by atoms with Crippen LogP contribution in [0.5, 0.6) is 11.5 Å². The predicted molar refractivity (Wildman–Crippen MR) is 106 cm³/mol. The maximum Gasteiger partial charge on any atom is 0.248 e.